The second kappa shape index (κ2) is 7.59. The molecule has 2 N–H and O–H groups in total. The standard InChI is InChI=1S/C21H19F3N4O/c1-3-13-4-6-14(7-5-13)18-11-20(2,28-27-18)19(29)26-16-9-8-15(12-25)17(10-16)21(22,23)24/h4-10,28H,3,11H2,1-2H3,(H,26,29). The first kappa shape index (κ1) is 20.4. The molecule has 0 saturated heterocycles. The van der Waals surface area contributed by atoms with E-state index in [0.717, 1.165) is 24.1 Å². The van der Waals surface area contributed by atoms with Crippen molar-refractivity contribution in [3.05, 3.63) is 64.7 Å². The van der Waals surface area contributed by atoms with E-state index >= 15 is 0 Å². The number of alkyl halides is 3. The summed E-state index contributed by atoms with van der Waals surface area (Å²) in [6.45, 7) is 3.69. The van der Waals surface area contributed by atoms with Crippen molar-refractivity contribution in [3.8, 4) is 6.07 Å². The molecule has 1 heterocycles. The molecule has 5 nitrogen and oxygen atoms in total. The van der Waals surface area contributed by atoms with Gasteiger partial charge in [0.15, 0.2) is 0 Å². The Hall–Kier alpha value is -3.34. The van der Waals surface area contributed by atoms with Crippen LogP contribution in [0.1, 0.15) is 42.5 Å². The van der Waals surface area contributed by atoms with Crippen LogP contribution in [0.2, 0.25) is 0 Å². The van der Waals surface area contributed by atoms with Gasteiger partial charge in [0, 0.05) is 12.1 Å². The normalized spacial score (nSPS) is 18.6. The van der Waals surface area contributed by atoms with Crippen LogP contribution in [-0.2, 0) is 17.4 Å². The number of carbonyl (C=O) groups is 1. The lowest BCUT2D eigenvalue weighted by Gasteiger charge is -2.23. The largest absolute Gasteiger partial charge is 0.417 e. The van der Waals surface area contributed by atoms with Gasteiger partial charge in [-0.25, -0.2) is 0 Å². The maximum atomic E-state index is 13.1. The summed E-state index contributed by atoms with van der Waals surface area (Å²) < 4.78 is 39.4. The molecule has 1 aliphatic rings. The van der Waals surface area contributed by atoms with Crippen LogP contribution in [0.25, 0.3) is 0 Å². The van der Waals surface area contributed by atoms with Gasteiger partial charge in [-0.15, -0.1) is 0 Å². The number of carbonyl (C=O) groups excluding carboxylic acids is 1. The number of benzene rings is 2. The molecule has 8 heteroatoms. The zero-order valence-electron chi connectivity index (χ0n) is 15.9. The lowest BCUT2D eigenvalue weighted by molar-refractivity contribution is -0.137. The van der Waals surface area contributed by atoms with Gasteiger partial charge in [-0.3, -0.25) is 10.2 Å². The topological polar surface area (TPSA) is 77.3 Å². The first-order valence-corrected chi connectivity index (χ1v) is 9.02. The Bertz CT molecular complexity index is 1010. The Morgan fingerprint density at radius 2 is 1.97 bits per heavy atom. The van der Waals surface area contributed by atoms with Crippen LogP contribution in [0, 0.1) is 11.3 Å². The average Bonchev–Trinajstić information content (AvgIpc) is 3.11. The molecular formula is C21H19F3N4O. The summed E-state index contributed by atoms with van der Waals surface area (Å²) in [5, 5.41) is 15.6. The van der Waals surface area contributed by atoms with Gasteiger partial charge in [0.1, 0.15) is 5.54 Å². The molecule has 29 heavy (non-hydrogen) atoms. The molecule has 2 aromatic carbocycles. The number of amides is 1. The maximum absolute atomic E-state index is 13.1. The van der Waals surface area contributed by atoms with Crippen LogP contribution in [-0.4, -0.2) is 17.2 Å². The molecule has 150 valence electrons. The summed E-state index contributed by atoms with van der Waals surface area (Å²) in [5.41, 5.74) is 2.83. The SMILES string of the molecule is CCc1ccc(C2=NNC(C)(C(=O)Nc3ccc(C#N)c(C(F)(F)F)c3)C2)cc1. The Balaban J connectivity index is 1.75. The third-order valence-corrected chi connectivity index (χ3v) is 4.86. The number of anilines is 1. The zero-order chi connectivity index (χ0) is 21.2. The number of rotatable bonds is 4. The lowest BCUT2D eigenvalue weighted by atomic mass is 9.92. The molecule has 2 aromatic rings. The summed E-state index contributed by atoms with van der Waals surface area (Å²) in [7, 11) is 0. The van der Waals surface area contributed by atoms with E-state index in [-0.39, 0.29) is 12.1 Å². The predicted octanol–water partition coefficient (Wildman–Crippen LogP) is 4.23. The highest BCUT2D eigenvalue weighted by Gasteiger charge is 2.39. The second-order valence-electron chi connectivity index (χ2n) is 7.05. The maximum Gasteiger partial charge on any atom is 0.417 e. The van der Waals surface area contributed by atoms with Gasteiger partial charge in [-0.05, 0) is 42.7 Å². The molecule has 0 fully saturated rings. The van der Waals surface area contributed by atoms with Crippen molar-refractivity contribution < 1.29 is 18.0 Å². The van der Waals surface area contributed by atoms with Gasteiger partial charge in [0.05, 0.1) is 22.9 Å². The Kier molecular flexibility index (Phi) is 5.33. The second-order valence-corrected chi connectivity index (χ2v) is 7.05. The highest BCUT2D eigenvalue weighted by Crippen LogP contribution is 2.34. The van der Waals surface area contributed by atoms with E-state index in [1.165, 1.54) is 17.7 Å². The highest BCUT2D eigenvalue weighted by molar-refractivity contribution is 6.08. The lowest BCUT2D eigenvalue weighted by Crippen LogP contribution is -2.47. The van der Waals surface area contributed by atoms with Crippen LogP contribution in [0.15, 0.2) is 47.6 Å². The number of nitrogens with zero attached hydrogens (tertiary/aromatic N) is 2. The van der Waals surface area contributed by atoms with E-state index < -0.39 is 28.7 Å². The zero-order valence-corrected chi connectivity index (χ0v) is 15.9. The fraction of sp³-hybridized carbons (Fsp3) is 0.286. The summed E-state index contributed by atoms with van der Waals surface area (Å²) >= 11 is 0. The van der Waals surface area contributed by atoms with Crippen molar-refractivity contribution in [1.82, 2.24) is 5.43 Å². The molecule has 0 saturated carbocycles. The molecule has 1 atom stereocenters. The summed E-state index contributed by atoms with van der Waals surface area (Å²) in [5.74, 6) is -0.515. The van der Waals surface area contributed by atoms with Crippen LogP contribution < -0.4 is 10.7 Å². The number of hydrazone groups is 1. The number of nitrogens with one attached hydrogen (secondary N) is 2. The number of halogens is 3. The van der Waals surface area contributed by atoms with Crippen LogP contribution in [0.3, 0.4) is 0 Å². The van der Waals surface area contributed by atoms with Crippen molar-refractivity contribution in [1.29, 1.82) is 5.26 Å². The Labute approximate surface area is 166 Å². The molecular weight excluding hydrogens is 381 g/mol. The van der Waals surface area contributed by atoms with Gasteiger partial charge >= 0.3 is 6.18 Å². The minimum absolute atomic E-state index is 0.0369. The first-order valence-electron chi connectivity index (χ1n) is 9.02. The molecule has 1 unspecified atom stereocenters. The summed E-state index contributed by atoms with van der Waals surface area (Å²) in [6.07, 6.45) is -3.50. The number of hydrogen-bond acceptors (Lipinski definition) is 4. The number of nitriles is 1. The molecule has 0 aliphatic carbocycles. The van der Waals surface area contributed by atoms with Crippen molar-refractivity contribution in [2.24, 2.45) is 5.10 Å². The monoisotopic (exact) mass is 400 g/mol. The molecule has 0 bridgehead atoms. The average molecular weight is 400 g/mol. The van der Waals surface area contributed by atoms with Crippen molar-refractivity contribution in [2.45, 2.75) is 38.4 Å². The summed E-state index contributed by atoms with van der Waals surface area (Å²) in [6, 6.07) is 12.4. The number of hydrogen-bond donors (Lipinski definition) is 2. The van der Waals surface area contributed by atoms with E-state index in [1.54, 1.807) is 6.92 Å². The fourth-order valence-corrected chi connectivity index (χ4v) is 3.06. The van der Waals surface area contributed by atoms with E-state index in [9.17, 15) is 18.0 Å². The molecule has 1 aliphatic heterocycles. The van der Waals surface area contributed by atoms with Crippen molar-refractivity contribution in [3.63, 3.8) is 0 Å². The molecule has 0 radical (unpaired) electrons. The third kappa shape index (κ3) is 4.24. The van der Waals surface area contributed by atoms with Crippen molar-refractivity contribution in [2.75, 3.05) is 5.32 Å². The van der Waals surface area contributed by atoms with E-state index in [4.69, 9.17) is 5.26 Å². The van der Waals surface area contributed by atoms with Crippen LogP contribution in [0.5, 0.6) is 0 Å². The van der Waals surface area contributed by atoms with Crippen molar-refractivity contribution >= 4 is 17.3 Å². The fourth-order valence-electron chi connectivity index (χ4n) is 3.06. The van der Waals surface area contributed by atoms with Gasteiger partial charge in [0.2, 0.25) is 0 Å². The number of aryl methyl sites for hydroxylation is 1. The molecule has 0 spiro atoms. The minimum atomic E-state index is -4.69. The Morgan fingerprint density at radius 3 is 2.55 bits per heavy atom. The Morgan fingerprint density at radius 1 is 1.28 bits per heavy atom. The van der Waals surface area contributed by atoms with Crippen LogP contribution >= 0.6 is 0 Å². The van der Waals surface area contributed by atoms with E-state index in [1.807, 2.05) is 24.3 Å². The molecule has 1 amide bonds. The smallest absolute Gasteiger partial charge is 0.324 e. The minimum Gasteiger partial charge on any atom is -0.324 e. The predicted molar refractivity (Wildman–Crippen MR) is 103 cm³/mol. The van der Waals surface area contributed by atoms with Gasteiger partial charge in [-0.1, -0.05) is 31.2 Å². The molecule has 0 aromatic heterocycles. The molecule has 3 rings (SSSR count). The van der Waals surface area contributed by atoms with Gasteiger partial charge < -0.3 is 5.32 Å². The third-order valence-electron chi connectivity index (χ3n) is 4.86. The first-order chi connectivity index (χ1) is 13.7. The van der Waals surface area contributed by atoms with Gasteiger partial charge in [0.25, 0.3) is 5.91 Å². The van der Waals surface area contributed by atoms with E-state index in [0.29, 0.717) is 5.71 Å². The highest BCUT2D eigenvalue weighted by atomic mass is 19.4. The van der Waals surface area contributed by atoms with E-state index in [2.05, 4.69) is 22.8 Å². The van der Waals surface area contributed by atoms with Gasteiger partial charge in [-0.2, -0.15) is 23.5 Å². The van der Waals surface area contributed by atoms with Crippen LogP contribution in [0.4, 0.5) is 18.9 Å². The summed E-state index contributed by atoms with van der Waals surface area (Å²) in [4.78, 5) is 12.7. The quantitative estimate of drug-likeness (QED) is 0.806.